The van der Waals surface area contributed by atoms with Crippen LogP contribution in [0.15, 0.2) is 23.1 Å². The van der Waals surface area contributed by atoms with Gasteiger partial charge in [-0.3, -0.25) is 4.79 Å². The average Bonchev–Trinajstić information content (AvgIpc) is 2.47. The lowest BCUT2D eigenvalue weighted by Crippen LogP contribution is -2.05. The molecule has 2 rings (SSSR count). The van der Waals surface area contributed by atoms with Crippen LogP contribution in [0.25, 0.3) is 0 Å². The Labute approximate surface area is 87.3 Å². The Hall–Kier alpha value is -0.960. The van der Waals surface area contributed by atoms with Gasteiger partial charge >= 0.3 is 5.97 Å². The Balaban J connectivity index is 2.26. The van der Waals surface area contributed by atoms with Crippen LogP contribution in [0.2, 0.25) is 0 Å². The highest BCUT2D eigenvalue weighted by atomic mass is 32.2. The molecule has 14 heavy (non-hydrogen) atoms. The molecule has 1 N–H and O–H groups in total. The molecule has 74 valence electrons. The van der Waals surface area contributed by atoms with Gasteiger partial charge in [-0.1, -0.05) is 17.7 Å². The highest BCUT2D eigenvalue weighted by Gasteiger charge is 2.24. The van der Waals surface area contributed by atoms with E-state index in [1.807, 2.05) is 0 Å². The van der Waals surface area contributed by atoms with Crippen LogP contribution in [0.5, 0.6) is 0 Å². The Kier molecular flexibility index (Phi) is 2.50. The molecule has 0 aromatic heterocycles. The van der Waals surface area contributed by atoms with Gasteiger partial charge in [-0.2, -0.15) is 0 Å². The van der Waals surface area contributed by atoms with Crippen molar-refractivity contribution in [2.45, 2.75) is 24.2 Å². The fourth-order valence-corrected chi connectivity index (χ4v) is 3.11. The zero-order chi connectivity index (χ0) is 10.1. The maximum absolute atomic E-state index is 10.6. The zero-order valence-electron chi connectivity index (χ0n) is 7.99. The number of aliphatic carboxylic acids is 1. The molecule has 0 bridgehead atoms. The number of benzene rings is 1. The number of rotatable bonds is 2. The molecule has 2 nitrogen and oxygen atoms in total. The second-order valence-electron chi connectivity index (χ2n) is 3.65. The third-order valence-electron chi connectivity index (χ3n) is 2.47. The Bertz CT molecular complexity index is 374. The Morgan fingerprint density at radius 2 is 2.43 bits per heavy atom. The lowest BCUT2D eigenvalue weighted by atomic mass is 9.97. The lowest BCUT2D eigenvalue weighted by Gasteiger charge is -2.06. The quantitative estimate of drug-likeness (QED) is 0.811. The summed E-state index contributed by atoms with van der Waals surface area (Å²) in [6.45, 7) is 2.06. The van der Waals surface area contributed by atoms with Gasteiger partial charge in [0.1, 0.15) is 0 Å². The minimum absolute atomic E-state index is 0.202. The number of carbonyl (C=O) groups is 1. The molecule has 0 spiro atoms. The van der Waals surface area contributed by atoms with Crippen LogP contribution < -0.4 is 0 Å². The molecule has 0 amide bonds. The molecule has 1 aromatic carbocycles. The first kappa shape index (κ1) is 9.59. The summed E-state index contributed by atoms with van der Waals surface area (Å²) in [6, 6.07) is 6.26. The van der Waals surface area contributed by atoms with E-state index < -0.39 is 5.97 Å². The molecule has 3 heteroatoms. The summed E-state index contributed by atoms with van der Waals surface area (Å²) in [7, 11) is 0. The van der Waals surface area contributed by atoms with Gasteiger partial charge in [0.25, 0.3) is 0 Å². The standard InChI is InChI=1S/C11H12O2S/c1-7-2-3-9-8(5-11(12)13)6-14-10(9)4-7/h2-4,8H,5-6H2,1H3,(H,12,13). The molecule has 0 fully saturated rings. The normalized spacial score (nSPS) is 19.4. The van der Waals surface area contributed by atoms with E-state index in [4.69, 9.17) is 5.11 Å². The van der Waals surface area contributed by atoms with E-state index in [9.17, 15) is 4.79 Å². The van der Waals surface area contributed by atoms with E-state index in [1.165, 1.54) is 16.0 Å². The molecule has 0 saturated heterocycles. The maximum atomic E-state index is 10.6. The van der Waals surface area contributed by atoms with E-state index in [0.717, 1.165) is 5.75 Å². The number of carboxylic acids is 1. The molecular formula is C11H12O2S. The van der Waals surface area contributed by atoms with Gasteiger partial charge in [0.15, 0.2) is 0 Å². The van der Waals surface area contributed by atoms with Crippen molar-refractivity contribution in [3.05, 3.63) is 29.3 Å². The topological polar surface area (TPSA) is 37.3 Å². The number of fused-ring (bicyclic) bond motifs is 1. The second-order valence-corrected chi connectivity index (χ2v) is 4.71. The summed E-state index contributed by atoms with van der Waals surface area (Å²) in [5.41, 5.74) is 2.45. The summed E-state index contributed by atoms with van der Waals surface area (Å²) in [4.78, 5) is 11.9. The molecule has 1 atom stereocenters. The van der Waals surface area contributed by atoms with Gasteiger partial charge in [0, 0.05) is 16.6 Å². The van der Waals surface area contributed by atoms with E-state index in [2.05, 4.69) is 25.1 Å². The fourth-order valence-electron chi connectivity index (χ4n) is 1.76. The largest absolute Gasteiger partial charge is 0.481 e. The highest BCUT2D eigenvalue weighted by Crippen LogP contribution is 2.41. The SMILES string of the molecule is Cc1ccc2c(c1)SCC2CC(=O)O. The van der Waals surface area contributed by atoms with Crippen molar-refractivity contribution in [3.8, 4) is 0 Å². The molecule has 0 saturated carbocycles. The summed E-state index contributed by atoms with van der Waals surface area (Å²) < 4.78 is 0. The molecule has 1 aromatic rings. The van der Waals surface area contributed by atoms with Gasteiger partial charge in [-0.15, -0.1) is 11.8 Å². The van der Waals surface area contributed by atoms with Crippen LogP contribution in [0.3, 0.4) is 0 Å². The van der Waals surface area contributed by atoms with Crippen LogP contribution in [-0.4, -0.2) is 16.8 Å². The number of hydrogen-bond donors (Lipinski definition) is 1. The first-order valence-corrected chi connectivity index (χ1v) is 5.60. The van der Waals surface area contributed by atoms with Crippen molar-refractivity contribution < 1.29 is 9.90 Å². The van der Waals surface area contributed by atoms with Crippen molar-refractivity contribution in [3.63, 3.8) is 0 Å². The van der Waals surface area contributed by atoms with Gasteiger partial charge in [-0.05, 0) is 18.6 Å². The lowest BCUT2D eigenvalue weighted by molar-refractivity contribution is -0.137. The second kappa shape index (κ2) is 3.65. The molecule has 0 radical (unpaired) electrons. The summed E-state index contributed by atoms with van der Waals surface area (Å²) in [5, 5.41) is 8.74. The number of carboxylic acid groups (broad SMARTS) is 1. The first-order chi connectivity index (χ1) is 6.66. The first-order valence-electron chi connectivity index (χ1n) is 4.62. The van der Waals surface area contributed by atoms with E-state index >= 15 is 0 Å². The Morgan fingerprint density at radius 1 is 1.64 bits per heavy atom. The van der Waals surface area contributed by atoms with Crippen LogP contribution in [0, 0.1) is 6.92 Å². The van der Waals surface area contributed by atoms with Gasteiger partial charge in [0.2, 0.25) is 0 Å². The smallest absolute Gasteiger partial charge is 0.303 e. The highest BCUT2D eigenvalue weighted by molar-refractivity contribution is 7.99. The zero-order valence-corrected chi connectivity index (χ0v) is 8.80. The predicted molar refractivity (Wildman–Crippen MR) is 56.9 cm³/mol. The monoisotopic (exact) mass is 208 g/mol. The summed E-state index contributed by atoms with van der Waals surface area (Å²) in [6.07, 6.45) is 0.253. The average molecular weight is 208 g/mol. The van der Waals surface area contributed by atoms with E-state index in [-0.39, 0.29) is 12.3 Å². The van der Waals surface area contributed by atoms with Crippen molar-refractivity contribution in [2.75, 3.05) is 5.75 Å². The molecule has 1 unspecified atom stereocenters. The summed E-state index contributed by atoms with van der Waals surface area (Å²) in [5.74, 6) is 0.405. The van der Waals surface area contributed by atoms with E-state index in [0.29, 0.717) is 0 Å². The third kappa shape index (κ3) is 1.77. The minimum atomic E-state index is -0.705. The third-order valence-corrected chi connectivity index (χ3v) is 3.70. The van der Waals surface area contributed by atoms with E-state index in [1.54, 1.807) is 11.8 Å². The molecule has 0 aliphatic carbocycles. The van der Waals surface area contributed by atoms with Crippen molar-refractivity contribution >= 4 is 17.7 Å². The molecular weight excluding hydrogens is 196 g/mol. The van der Waals surface area contributed by atoms with Gasteiger partial charge in [0.05, 0.1) is 6.42 Å². The number of thioether (sulfide) groups is 1. The number of aryl methyl sites for hydroxylation is 1. The number of hydrogen-bond acceptors (Lipinski definition) is 2. The van der Waals surface area contributed by atoms with Gasteiger partial charge in [-0.25, -0.2) is 0 Å². The van der Waals surface area contributed by atoms with Crippen LogP contribution >= 0.6 is 11.8 Å². The molecule has 1 aliphatic heterocycles. The molecule has 1 aliphatic rings. The van der Waals surface area contributed by atoms with Crippen LogP contribution in [0.4, 0.5) is 0 Å². The van der Waals surface area contributed by atoms with Crippen molar-refractivity contribution in [2.24, 2.45) is 0 Å². The minimum Gasteiger partial charge on any atom is -0.481 e. The molecule has 1 heterocycles. The Morgan fingerprint density at radius 3 is 3.14 bits per heavy atom. The van der Waals surface area contributed by atoms with Crippen LogP contribution in [0.1, 0.15) is 23.5 Å². The predicted octanol–water partition coefficient (Wildman–Crippen LogP) is 2.66. The maximum Gasteiger partial charge on any atom is 0.303 e. The fraction of sp³-hybridized carbons (Fsp3) is 0.364. The van der Waals surface area contributed by atoms with Crippen molar-refractivity contribution in [1.29, 1.82) is 0 Å². The van der Waals surface area contributed by atoms with Crippen molar-refractivity contribution in [1.82, 2.24) is 0 Å². The summed E-state index contributed by atoms with van der Waals surface area (Å²) >= 11 is 1.77. The van der Waals surface area contributed by atoms with Gasteiger partial charge < -0.3 is 5.11 Å². The van der Waals surface area contributed by atoms with Crippen LogP contribution in [-0.2, 0) is 4.79 Å².